The van der Waals surface area contributed by atoms with Gasteiger partial charge in [-0.05, 0) is 13.8 Å². The third-order valence-electron chi connectivity index (χ3n) is 3.92. The molecule has 0 saturated carbocycles. The van der Waals surface area contributed by atoms with Crippen LogP contribution in [0.3, 0.4) is 0 Å². The molecule has 0 aromatic carbocycles. The Bertz CT molecular complexity index is 628. The van der Waals surface area contributed by atoms with Crippen LogP contribution < -0.4 is 5.32 Å². The van der Waals surface area contributed by atoms with Crippen molar-refractivity contribution in [2.24, 2.45) is 0 Å². The Balaban J connectivity index is 1.47. The van der Waals surface area contributed by atoms with E-state index in [0.717, 1.165) is 31.0 Å². The topological polar surface area (TPSA) is 79.4 Å². The number of piperazine rings is 1. The summed E-state index contributed by atoms with van der Waals surface area (Å²) >= 11 is 0. The molecule has 0 spiro atoms. The summed E-state index contributed by atoms with van der Waals surface area (Å²) < 4.78 is 6.67. The summed E-state index contributed by atoms with van der Waals surface area (Å²) in [5, 5.41) is 11.1. The van der Waals surface area contributed by atoms with Crippen molar-refractivity contribution in [1.29, 1.82) is 0 Å². The molecule has 1 aliphatic rings. The maximum absolute atomic E-state index is 12.3. The van der Waals surface area contributed by atoms with Crippen molar-refractivity contribution < 1.29 is 9.32 Å². The molecule has 1 aliphatic heterocycles. The Hall–Kier alpha value is -2.35. The number of carbonyl (C=O) groups is 1. The molecule has 23 heavy (non-hydrogen) atoms. The van der Waals surface area contributed by atoms with Gasteiger partial charge in [-0.3, -0.25) is 9.58 Å². The molecule has 0 bridgehead atoms. The van der Waals surface area contributed by atoms with Crippen molar-refractivity contribution in [1.82, 2.24) is 24.7 Å². The third-order valence-corrected chi connectivity index (χ3v) is 3.92. The molecule has 2 aromatic rings. The normalized spacial score (nSPS) is 16.0. The zero-order valence-corrected chi connectivity index (χ0v) is 13.5. The maximum atomic E-state index is 12.3. The first-order valence-electron chi connectivity index (χ1n) is 7.83. The van der Waals surface area contributed by atoms with Crippen LogP contribution in [-0.2, 0) is 6.54 Å². The minimum atomic E-state index is -0.0746. The van der Waals surface area contributed by atoms with Gasteiger partial charge in [-0.2, -0.15) is 5.10 Å². The lowest BCUT2D eigenvalue weighted by Crippen LogP contribution is -2.49. The Morgan fingerprint density at radius 1 is 1.35 bits per heavy atom. The Labute approximate surface area is 135 Å². The van der Waals surface area contributed by atoms with Crippen LogP contribution in [0.2, 0.25) is 0 Å². The van der Waals surface area contributed by atoms with Gasteiger partial charge in [0.05, 0.1) is 17.6 Å². The van der Waals surface area contributed by atoms with Gasteiger partial charge < -0.3 is 14.7 Å². The fourth-order valence-corrected chi connectivity index (χ4v) is 2.54. The number of nitrogens with one attached hydrogen (secondary N) is 1. The minimum absolute atomic E-state index is 0.0746. The highest BCUT2D eigenvalue weighted by Crippen LogP contribution is 2.12. The summed E-state index contributed by atoms with van der Waals surface area (Å²) in [7, 11) is 0. The molecule has 0 radical (unpaired) electrons. The molecule has 0 unspecified atom stereocenters. The van der Waals surface area contributed by atoms with Crippen LogP contribution in [0.15, 0.2) is 29.2 Å². The maximum Gasteiger partial charge on any atom is 0.322 e. The largest absolute Gasteiger partial charge is 0.364 e. The van der Waals surface area contributed by atoms with Crippen molar-refractivity contribution in [3.05, 3.63) is 30.4 Å². The monoisotopic (exact) mass is 318 g/mol. The van der Waals surface area contributed by atoms with E-state index in [1.165, 1.54) is 0 Å². The number of aromatic nitrogens is 3. The highest BCUT2D eigenvalue weighted by Gasteiger charge is 2.22. The number of urea groups is 1. The Kier molecular flexibility index (Phi) is 4.61. The Morgan fingerprint density at radius 2 is 2.13 bits per heavy atom. The van der Waals surface area contributed by atoms with E-state index in [2.05, 4.69) is 20.5 Å². The predicted octanol–water partition coefficient (Wildman–Crippen LogP) is 1.80. The summed E-state index contributed by atoms with van der Waals surface area (Å²) in [6, 6.07) is 2.07. The number of hydrogen-bond donors (Lipinski definition) is 1. The average molecular weight is 318 g/mol. The van der Waals surface area contributed by atoms with Crippen LogP contribution in [0.5, 0.6) is 0 Å². The molecular weight excluding hydrogens is 296 g/mol. The number of nitrogens with zero attached hydrogens (tertiary/aromatic N) is 5. The number of amides is 2. The molecular formula is C15H22N6O2. The van der Waals surface area contributed by atoms with Gasteiger partial charge in [-0.15, -0.1) is 0 Å². The SMILES string of the molecule is CC(C)n1cc(NC(=O)N2CCN(Cc3ccon3)CC2)cn1. The molecule has 1 N–H and O–H groups in total. The van der Waals surface area contributed by atoms with E-state index in [1.54, 1.807) is 12.5 Å². The third kappa shape index (κ3) is 3.89. The summed E-state index contributed by atoms with van der Waals surface area (Å²) in [5.74, 6) is 0. The van der Waals surface area contributed by atoms with Crippen LogP contribution in [0.4, 0.5) is 10.5 Å². The first-order chi connectivity index (χ1) is 11.1. The molecule has 3 rings (SSSR count). The van der Waals surface area contributed by atoms with E-state index in [4.69, 9.17) is 4.52 Å². The van der Waals surface area contributed by atoms with Crippen molar-refractivity contribution in [2.75, 3.05) is 31.5 Å². The first kappa shape index (κ1) is 15.5. The summed E-state index contributed by atoms with van der Waals surface area (Å²) in [6.07, 6.45) is 5.11. The van der Waals surface area contributed by atoms with E-state index in [-0.39, 0.29) is 12.1 Å². The van der Waals surface area contributed by atoms with Gasteiger partial charge in [-0.25, -0.2) is 4.79 Å². The highest BCUT2D eigenvalue weighted by atomic mass is 16.5. The van der Waals surface area contributed by atoms with Gasteiger partial charge in [0.1, 0.15) is 6.26 Å². The van der Waals surface area contributed by atoms with Gasteiger partial charge in [0.15, 0.2) is 0 Å². The number of anilines is 1. The smallest absolute Gasteiger partial charge is 0.322 e. The second-order valence-corrected chi connectivity index (χ2v) is 5.99. The summed E-state index contributed by atoms with van der Waals surface area (Å²) in [6.45, 7) is 7.90. The van der Waals surface area contributed by atoms with Crippen LogP contribution >= 0.6 is 0 Å². The zero-order valence-electron chi connectivity index (χ0n) is 13.5. The van der Waals surface area contributed by atoms with E-state index < -0.39 is 0 Å². The van der Waals surface area contributed by atoms with Gasteiger partial charge >= 0.3 is 6.03 Å². The highest BCUT2D eigenvalue weighted by molar-refractivity contribution is 5.89. The molecule has 8 heteroatoms. The second kappa shape index (κ2) is 6.82. The molecule has 2 amide bonds. The molecule has 0 aliphatic carbocycles. The van der Waals surface area contributed by atoms with Gasteiger partial charge in [0.25, 0.3) is 0 Å². The summed E-state index contributed by atoms with van der Waals surface area (Å²) in [5.41, 5.74) is 1.65. The van der Waals surface area contributed by atoms with Crippen molar-refractivity contribution in [3.8, 4) is 0 Å². The Morgan fingerprint density at radius 3 is 2.74 bits per heavy atom. The lowest BCUT2D eigenvalue weighted by Gasteiger charge is -2.34. The van der Waals surface area contributed by atoms with Crippen molar-refractivity contribution >= 4 is 11.7 Å². The van der Waals surface area contributed by atoms with E-state index in [0.29, 0.717) is 13.1 Å². The van der Waals surface area contributed by atoms with Gasteiger partial charge in [0.2, 0.25) is 0 Å². The zero-order chi connectivity index (χ0) is 16.2. The van der Waals surface area contributed by atoms with Crippen LogP contribution in [0.1, 0.15) is 25.6 Å². The van der Waals surface area contributed by atoms with E-state index >= 15 is 0 Å². The van der Waals surface area contributed by atoms with Crippen LogP contribution in [0, 0.1) is 0 Å². The van der Waals surface area contributed by atoms with Gasteiger partial charge in [-0.1, -0.05) is 5.16 Å². The van der Waals surface area contributed by atoms with Crippen LogP contribution in [-0.4, -0.2) is 56.9 Å². The lowest BCUT2D eigenvalue weighted by molar-refractivity contribution is 0.141. The van der Waals surface area contributed by atoms with Gasteiger partial charge in [0, 0.05) is 51.0 Å². The number of carbonyl (C=O) groups excluding carboxylic acids is 1. The second-order valence-electron chi connectivity index (χ2n) is 5.99. The first-order valence-corrected chi connectivity index (χ1v) is 7.83. The summed E-state index contributed by atoms with van der Waals surface area (Å²) in [4.78, 5) is 16.4. The lowest BCUT2D eigenvalue weighted by atomic mass is 10.3. The van der Waals surface area contributed by atoms with Crippen molar-refractivity contribution in [3.63, 3.8) is 0 Å². The quantitative estimate of drug-likeness (QED) is 0.930. The molecule has 8 nitrogen and oxygen atoms in total. The molecule has 2 aromatic heterocycles. The van der Waals surface area contributed by atoms with Crippen LogP contribution in [0.25, 0.3) is 0 Å². The molecule has 1 fully saturated rings. The standard InChI is InChI=1S/C15H22N6O2/c1-12(2)21-11-14(9-16-21)17-15(22)20-6-4-19(5-7-20)10-13-3-8-23-18-13/h3,8-9,11-12H,4-7,10H2,1-2H3,(H,17,22). The van der Waals surface area contributed by atoms with E-state index in [1.807, 2.05) is 35.7 Å². The molecule has 1 saturated heterocycles. The minimum Gasteiger partial charge on any atom is -0.364 e. The van der Waals surface area contributed by atoms with Crippen molar-refractivity contribution in [2.45, 2.75) is 26.4 Å². The molecule has 0 atom stereocenters. The molecule has 124 valence electrons. The number of hydrogen-bond acceptors (Lipinski definition) is 5. The molecule has 3 heterocycles. The van der Waals surface area contributed by atoms with E-state index in [9.17, 15) is 4.79 Å². The fraction of sp³-hybridized carbons (Fsp3) is 0.533. The average Bonchev–Trinajstić information content (AvgIpc) is 3.19. The fourth-order valence-electron chi connectivity index (χ4n) is 2.54. The number of rotatable bonds is 4. The predicted molar refractivity (Wildman–Crippen MR) is 85.0 cm³/mol.